The molecule has 0 atom stereocenters. The number of hydrogen-bond acceptors (Lipinski definition) is 5. The molecule has 0 aromatic carbocycles. The molecule has 0 heterocycles. The van der Waals surface area contributed by atoms with Crippen LogP contribution in [-0.2, 0) is 9.13 Å². The Morgan fingerprint density at radius 1 is 0.917 bits per heavy atom. The van der Waals surface area contributed by atoms with Gasteiger partial charge in [-0.25, -0.2) is 4.57 Å². The van der Waals surface area contributed by atoms with E-state index in [1.54, 1.807) is 0 Å². The Balaban J connectivity index is -0.0000000457. The molecule has 3 N–H and O–H groups in total. The molecule has 0 aliphatic rings. The van der Waals surface area contributed by atoms with Crippen molar-refractivity contribution < 1.29 is 57.4 Å². The summed E-state index contributed by atoms with van der Waals surface area (Å²) in [5.74, 6) is 0. The first-order valence-electron chi connectivity index (χ1n) is 1.51. The summed E-state index contributed by atoms with van der Waals surface area (Å²) >= 11 is 0. The molecule has 0 aliphatic heterocycles. The van der Waals surface area contributed by atoms with Crippen LogP contribution >= 0.6 is 15.6 Å². The Labute approximate surface area is 83.5 Å². The monoisotopic (exact) mass is 209 g/mol. The van der Waals surface area contributed by atoms with Gasteiger partial charge in [-0.15, -0.1) is 0 Å². The molecule has 8 nitrogen and oxygen atoms in total. The average Bonchev–Trinajstić information content (AvgIpc) is 1.12. The molecule has 0 amide bonds. The van der Waals surface area contributed by atoms with Crippen LogP contribution in [0.25, 0.3) is 0 Å². The minimum Gasteiger partial charge on any atom is -0.822 e. The van der Waals surface area contributed by atoms with Crippen LogP contribution in [0.2, 0.25) is 0 Å². The Morgan fingerprint density at radius 3 is 0.917 bits per heavy atom. The molecule has 64 valence electrons. The van der Waals surface area contributed by atoms with E-state index in [1.165, 1.54) is 0 Å². The van der Waals surface area contributed by atoms with E-state index in [1.807, 2.05) is 0 Å². The molecule has 0 spiro atoms. The second-order valence-corrected chi connectivity index (χ2v) is 2.88. The Hall–Kier alpha value is 0.986. The van der Waals surface area contributed by atoms with Crippen LogP contribution < -0.4 is 33.5 Å². The van der Waals surface area contributed by atoms with Crippen LogP contribution in [0.15, 0.2) is 0 Å². The van der Waals surface area contributed by atoms with Gasteiger partial charge in [0.15, 0.2) is 0 Å². The summed E-state index contributed by atoms with van der Waals surface area (Å²) in [6.45, 7) is 0. The van der Waals surface area contributed by atoms with E-state index in [9.17, 15) is 0 Å². The average molecular weight is 209 g/mol. The van der Waals surface area contributed by atoms with E-state index in [-0.39, 0.29) is 29.0 Å². The van der Waals surface area contributed by atoms with Crippen molar-refractivity contribution in [1.29, 1.82) is 0 Å². The predicted octanol–water partition coefficient (Wildman–Crippen LogP) is -7.13. The number of phosphoric acid groups is 2. The zero-order chi connectivity index (χ0) is 9.00. The summed E-state index contributed by atoms with van der Waals surface area (Å²) in [6, 6.07) is 0. The van der Waals surface area contributed by atoms with E-state index < -0.39 is 15.6 Å². The first-order valence-corrected chi connectivity index (χ1v) is 4.54. The fourth-order valence-corrected chi connectivity index (χ4v) is 0. The van der Waals surface area contributed by atoms with Gasteiger partial charge in [-0.05, 0) is 0 Å². The van der Waals surface area contributed by atoms with Crippen molar-refractivity contribution in [1.82, 2.24) is 0 Å². The summed E-state index contributed by atoms with van der Waals surface area (Å²) in [5, 5.41) is 0. The van der Waals surface area contributed by atoms with Crippen LogP contribution in [-0.4, -0.2) is 24.8 Å². The predicted molar refractivity (Wildman–Crippen MR) is 27.6 cm³/mol. The molecule has 0 saturated heterocycles. The maximum absolute atomic E-state index is 8.88. The van der Waals surface area contributed by atoms with Gasteiger partial charge in [0.2, 0.25) is 0 Å². The molecule has 12 heteroatoms. The second-order valence-electron chi connectivity index (χ2n) is 0.960. The Bertz CT molecular complexity index is 129. The van der Waals surface area contributed by atoms with Crippen LogP contribution in [0.3, 0.4) is 0 Å². The van der Waals surface area contributed by atoms with Gasteiger partial charge in [0.1, 0.15) is 0 Å². The fourth-order valence-electron chi connectivity index (χ4n) is 0. The van der Waals surface area contributed by atoms with E-state index in [0.717, 1.165) is 0 Å². The van der Waals surface area contributed by atoms with Crippen molar-refractivity contribution in [2.24, 2.45) is 0 Å². The normalized spacial score (nSPS) is 9.83. The summed E-state index contributed by atoms with van der Waals surface area (Å²) in [4.78, 5) is 47.2. The van der Waals surface area contributed by atoms with E-state index in [0.29, 0.717) is 0 Å². The molecular formula is H3BeLiO8P2. The van der Waals surface area contributed by atoms with Gasteiger partial charge in [-0.2, -0.15) is 7.82 Å². The summed E-state index contributed by atoms with van der Waals surface area (Å²) in [6.07, 6.45) is 0. The molecule has 0 aromatic heterocycles. The van der Waals surface area contributed by atoms with Crippen LogP contribution in [0.4, 0.5) is 0 Å². The van der Waals surface area contributed by atoms with Crippen LogP contribution in [0, 0.1) is 0 Å². The van der Waals surface area contributed by atoms with Gasteiger partial charge < -0.3 is 33.9 Å². The second kappa shape index (κ2) is 8.58. The molecule has 0 aliphatic carbocycles. The largest absolute Gasteiger partial charge is 2.00 e. The van der Waals surface area contributed by atoms with Crippen molar-refractivity contribution in [2.75, 3.05) is 0 Å². The van der Waals surface area contributed by atoms with Gasteiger partial charge in [0, 0.05) is 0 Å². The first-order chi connectivity index (χ1) is 4.00. The van der Waals surface area contributed by atoms with Gasteiger partial charge >= 0.3 is 36.8 Å². The van der Waals surface area contributed by atoms with Crippen molar-refractivity contribution >= 4 is 25.8 Å². The number of rotatable bonds is 0. The summed E-state index contributed by atoms with van der Waals surface area (Å²) < 4.78 is 17.4. The Morgan fingerprint density at radius 2 is 0.917 bits per heavy atom. The third kappa shape index (κ3) is 1130. The third-order valence-electron chi connectivity index (χ3n) is 0. The SMILES string of the molecule is O=P(O)(O)O.O=P([O-])([O-])[O-].[Be+2].[Li+]. The van der Waals surface area contributed by atoms with Gasteiger partial charge in [-0.3, -0.25) is 0 Å². The molecule has 0 fully saturated rings. The molecule has 0 bridgehead atoms. The minimum atomic E-state index is -5.39. The topological polar surface area (TPSA) is 164 Å². The van der Waals surface area contributed by atoms with Crippen molar-refractivity contribution in [2.45, 2.75) is 0 Å². The third-order valence-corrected chi connectivity index (χ3v) is 0. The smallest absolute Gasteiger partial charge is 0.822 e. The summed E-state index contributed by atoms with van der Waals surface area (Å²) in [7, 11) is -10.0. The van der Waals surface area contributed by atoms with Crippen LogP contribution in [0.1, 0.15) is 0 Å². The Kier molecular flexibility index (Phi) is 16.5. The molecule has 0 unspecified atom stereocenters. The maximum atomic E-state index is 8.88. The molecule has 0 aromatic rings. The number of hydrogen-bond donors (Lipinski definition) is 3. The van der Waals surface area contributed by atoms with Crippen LogP contribution in [0.5, 0.6) is 0 Å². The van der Waals surface area contributed by atoms with Gasteiger partial charge in [-0.1, -0.05) is 0 Å². The van der Waals surface area contributed by atoms with Crippen molar-refractivity contribution in [3.05, 3.63) is 0 Å². The zero-order valence-electron chi connectivity index (χ0n) is 5.98. The summed E-state index contributed by atoms with van der Waals surface area (Å²) in [5.41, 5.74) is 0. The van der Waals surface area contributed by atoms with Crippen molar-refractivity contribution in [3.63, 3.8) is 0 Å². The molecule has 12 heavy (non-hydrogen) atoms. The van der Waals surface area contributed by atoms with Gasteiger partial charge in [0.05, 0.1) is 0 Å². The van der Waals surface area contributed by atoms with Crippen molar-refractivity contribution in [3.8, 4) is 0 Å². The maximum Gasteiger partial charge on any atom is 2.00 e. The van der Waals surface area contributed by atoms with E-state index >= 15 is 0 Å². The standard InChI is InChI=1S/Be.Li.2H3O4P/c;;2*1-5(2,3)4/h;;2*(H3,1,2,3,4)/q+2;+1;;/p-3. The molecule has 0 radical (unpaired) electrons. The molecule has 0 saturated carbocycles. The minimum absolute atomic E-state index is 0. The molecular weight excluding hydrogens is 206 g/mol. The van der Waals surface area contributed by atoms with E-state index in [2.05, 4.69) is 0 Å². The quantitative estimate of drug-likeness (QED) is 0.261. The van der Waals surface area contributed by atoms with E-state index in [4.69, 9.17) is 38.5 Å². The first kappa shape index (κ1) is 23.1. The van der Waals surface area contributed by atoms with Gasteiger partial charge in [0.25, 0.3) is 0 Å². The fraction of sp³-hybridized carbons (Fsp3) is 0. The zero-order valence-corrected chi connectivity index (χ0v) is 7.77. The molecule has 0 rings (SSSR count).